The maximum Gasteiger partial charge on any atom is 0.121 e. The van der Waals surface area contributed by atoms with Crippen LogP contribution in [0.4, 0.5) is 5.69 Å². The van der Waals surface area contributed by atoms with Crippen molar-refractivity contribution < 1.29 is 9.47 Å². The quantitative estimate of drug-likeness (QED) is 0.737. The molecule has 0 saturated carbocycles. The number of ether oxygens (including phenoxy) is 2. The van der Waals surface area contributed by atoms with Crippen LogP contribution in [0.2, 0.25) is 0 Å². The molecular formula is C17H21NO2. The molecule has 20 heavy (non-hydrogen) atoms. The molecule has 0 unspecified atom stereocenters. The summed E-state index contributed by atoms with van der Waals surface area (Å²) in [5, 5.41) is 3.33. The predicted octanol–water partition coefficient (Wildman–Crippen LogP) is 3.97. The van der Waals surface area contributed by atoms with Gasteiger partial charge in [-0.1, -0.05) is 31.2 Å². The molecule has 0 aromatic heterocycles. The van der Waals surface area contributed by atoms with E-state index in [1.165, 1.54) is 0 Å². The molecule has 0 heterocycles. The van der Waals surface area contributed by atoms with Gasteiger partial charge in [0.1, 0.15) is 18.1 Å². The van der Waals surface area contributed by atoms with Crippen molar-refractivity contribution in [2.75, 3.05) is 25.1 Å². The Hall–Kier alpha value is -2.16. The Morgan fingerprint density at radius 1 is 0.850 bits per heavy atom. The first kappa shape index (κ1) is 14.3. The first-order chi connectivity index (χ1) is 9.88. The maximum atomic E-state index is 5.63. The van der Waals surface area contributed by atoms with E-state index in [4.69, 9.17) is 9.47 Å². The van der Waals surface area contributed by atoms with E-state index in [1.54, 1.807) is 0 Å². The van der Waals surface area contributed by atoms with Gasteiger partial charge in [0.25, 0.3) is 0 Å². The summed E-state index contributed by atoms with van der Waals surface area (Å²) in [5.74, 6) is 1.80. The summed E-state index contributed by atoms with van der Waals surface area (Å²) < 4.78 is 11.2. The summed E-state index contributed by atoms with van der Waals surface area (Å²) in [7, 11) is 0. The van der Waals surface area contributed by atoms with Crippen molar-refractivity contribution in [2.24, 2.45) is 0 Å². The van der Waals surface area contributed by atoms with Crippen LogP contribution in [0.15, 0.2) is 54.6 Å². The molecule has 0 atom stereocenters. The average molecular weight is 271 g/mol. The fourth-order valence-corrected chi connectivity index (χ4v) is 1.80. The van der Waals surface area contributed by atoms with Crippen LogP contribution in [0, 0.1) is 0 Å². The number of benzene rings is 2. The van der Waals surface area contributed by atoms with Gasteiger partial charge in [-0.15, -0.1) is 0 Å². The molecule has 0 radical (unpaired) electrons. The highest BCUT2D eigenvalue weighted by atomic mass is 16.5. The highest BCUT2D eigenvalue weighted by Crippen LogP contribution is 2.17. The molecule has 2 aromatic carbocycles. The zero-order valence-electron chi connectivity index (χ0n) is 11.8. The van der Waals surface area contributed by atoms with Crippen molar-refractivity contribution >= 4 is 5.69 Å². The molecule has 0 fully saturated rings. The van der Waals surface area contributed by atoms with Crippen LogP contribution >= 0.6 is 0 Å². The van der Waals surface area contributed by atoms with Gasteiger partial charge in [-0.3, -0.25) is 0 Å². The molecule has 0 aliphatic rings. The molecule has 2 rings (SSSR count). The second-order valence-corrected chi connectivity index (χ2v) is 4.46. The van der Waals surface area contributed by atoms with E-state index in [-0.39, 0.29) is 0 Å². The van der Waals surface area contributed by atoms with Crippen LogP contribution in [-0.2, 0) is 0 Å². The number of hydrogen-bond acceptors (Lipinski definition) is 3. The van der Waals surface area contributed by atoms with E-state index >= 15 is 0 Å². The molecule has 3 nitrogen and oxygen atoms in total. The summed E-state index contributed by atoms with van der Waals surface area (Å²) in [6.45, 7) is 4.24. The van der Waals surface area contributed by atoms with Crippen molar-refractivity contribution in [1.82, 2.24) is 0 Å². The van der Waals surface area contributed by atoms with Crippen LogP contribution in [0.3, 0.4) is 0 Å². The molecule has 0 aliphatic heterocycles. The number of nitrogens with one attached hydrogen (secondary N) is 1. The molecular weight excluding hydrogens is 250 g/mol. The monoisotopic (exact) mass is 271 g/mol. The van der Waals surface area contributed by atoms with Gasteiger partial charge in [-0.05, 0) is 30.7 Å². The van der Waals surface area contributed by atoms with Crippen molar-refractivity contribution in [1.29, 1.82) is 0 Å². The van der Waals surface area contributed by atoms with Crippen LogP contribution in [-0.4, -0.2) is 19.8 Å². The van der Waals surface area contributed by atoms with Gasteiger partial charge in [-0.25, -0.2) is 0 Å². The number of para-hydroxylation sites is 1. The zero-order chi connectivity index (χ0) is 14.0. The van der Waals surface area contributed by atoms with Crippen LogP contribution < -0.4 is 14.8 Å². The Morgan fingerprint density at radius 2 is 1.60 bits per heavy atom. The third-order valence-corrected chi connectivity index (χ3v) is 2.75. The summed E-state index contributed by atoms with van der Waals surface area (Å²) >= 11 is 0. The Morgan fingerprint density at radius 3 is 2.40 bits per heavy atom. The van der Waals surface area contributed by atoms with Crippen molar-refractivity contribution in [2.45, 2.75) is 13.3 Å². The maximum absolute atomic E-state index is 5.63. The fourth-order valence-electron chi connectivity index (χ4n) is 1.80. The summed E-state index contributed by atoms with van der Waals surface area (Å²) in [6.07, 6.45) is 1.02. The molecule has 2 aromatic rings. The number of hydrogen-bond donors (Lipinski definition) is 1. The minimum atomic E-state index is 0.629. The lowest BCUT2D eigenvalue weighted by atomic mass is 10.3. The second-order valence-electron chi connectivity index (χ2n) is 4.46. The van der Waals surface area contributed by atoms with Gasteiger partial charge in [0.2, 0.25) is 0 Å². The molecule has 0 bridgehead atoms. The van der Waals surface area contributed by atoms with Gasteiger partial charge in [0, 0.05) is 18.3 Å². The van der Waals surface area contributed by atoms with Gasteiger partial charge in [0.15, 0.2) is 0 Å². The van der Waals surface area contributed by atoms with Crippen LogP contribution in [0.25, 0.3) is 0 Å². The average Bonchev–Trinajstić information content (AvgIpc) is 2.51. The normalized spacial score (nSPS) is 10.1. The van der Waals surface area contributed by atoms with E-state index in [9.17, 15) is 0 Å². The number of anilines is 1. The Kier molecular flexibility index (Phi) is 5.77. The number of rotatable bonds is 8. The van der Waals surface area contributed by atoms with Crippen molar-refractivity contribution in [3.05, 3.63) is 54.6 Å². The summed E-state index contributed by atoms with van der Waals surface area (Å²) in [6, 6.07) is 17.8. The van der Waals surface area contributed by atoms with Crippen molar-refractivity contribution in [3.63, 3.8) is 0 Å². The predicted molar refractivity (Wildman–Crippen MR) is 82.7 cm³/mol. The van der Waals surface area contributed by atoms with E-state index in [0.717, 1.165) is 36.8 Å². The lowest BCUT2D eigenvalue weighted by Gasteiger charge is -2.10. The third-order valence-electron chi connectivity index (χ3n) is 2.75. The van der Waals surface area contributed by atoms with E-state index in [1.807, 2.05) is 54.6 Å². The smallest absolute Gasteiger partial charge is 0.121 e. The fraction of sp³-hybridized carbons (Fsp3) is 0.294. The molecule has 106 valence electrons. The topological polar surface area (TPSA) is 30.5 Å². The first-order valence-corrected chi connectivity index (χ1v) is 7.03. The molecule has 3 heteroatoms. The van der Waals surface area contributed by atoms with Gasteiger partial charge >= 0.3 is 0 Å². The summed E-state index contributed by atoms with van der Waals surface area (Å²) in [5.41, 5.74) is 1.05. The first-order valence-electron chi connectivity index (χ1n) is 7.03. The van der Waals surface area contributed by atoms with Crippen molar-refractivity contribution in [3.8, 4) is 11.5 Å². The Balaban J connectivity index is 1.73. The minimum absolute atomic E-state index is 0.629. The van der Waals surface area contributed by atoms with E-state index < -0.39 is 0 Å². The van der Waals surface area contributed by atoms with Gasteiger partial charge in [0.05, 0.1) is 6.61 Å². The highest BCUT2D eigenvalue weighted by Gasteiger charge is 1.97. The highest BCUT2D eigenvalue weighted by molar-refractivity contribution is 5.48. The lowest BCUT2D eigenvalue weighted by molar-refractivity contribution is 0.317. The second kappa shape index (κ2) is 8.10. The van der Waals surface area contributed by atoms with Crippen LogP contribution in [0.1, 0.15) is 13.3 Å². The van der Waals surface area contributed by atoms with E-state index in [0.29, 0.717) is 6.61 Å². The molecule has 0 spiro atoms. The third kappa shape index (κ3) is 4.84. The largest absolute Gasteiger partial charge is 0.494 e. The molecule has 0 amide bonds. The van der Waals surface area contributed by atoms with Crippen LogP contribution in [0.5, 0.6) is 11.5 Å². The minimum Gasteiger partial charge on any atom is -0.494 e. The lowest BCUT2D eigenvalue weighted by Crippen LogP contribution is -2.11. The summed E-state index contributed by atoms with van der Waals surface area (Å²) in [4.78, 5) is 0. The van der Waals surface area contributed by atoms with E-state index in [2.05, 4.69) is 12.2 Å². The zero-order valence-corrected chi connectivity index (χ0v) is 11.8. The molecule has 0 aliphatic carbocycles. The van der Waals surface area contributed by atoms with Gasteiger partial charge in [-0.2, -0.15) is 0 Å². The molecule has 0 saturated heterocycles. The Bertz CT molecular complexity index is 499. The molecule has 1 N–H and O–H groups in total. The van der Waals surface area contributed by atoms with Gasteiger partial charge < -0.3 is 14.8 Å². The SMILES string of the molecule is CCCOc1cccc(NCCOc2ccccc2)c1. The Labute approximate surface area is 120 Å². The standard InChI is InChI=1S/C17H21NO2/c1-2-12-19-17-10-6-7-15(14-17)18-11-13-20-16-8-4-3-5-9-16/h3-10,14,18H,2,11-13H2,1H3.